The Morgan fingerprint density at radius 2 is 1.89 bits per heavy atom. The Kier molecular flexibility index (Phi) is 11.9. The molecule has 0 saturated carbocycles. The third kappa shape index (κ3) is 9.79. The van der Waals surface area contributed by atoms with Crippen molar-refractivity contribution in [3.63, 3.8) is 0 Å². The number of nitrogens with zero attached hydrogens (tertiary/aromatic N) is 1. The predicted molar refractivity (Wildman–Crippen MR) is 153 cm³/mol. The molecule has 2 nitrogen and oxygen atoms in total. The fraction of sp³-hybridized carbons (Fsp3) is 0.303. The molecule has 0 amide bonds. The normalized spacial score (nSPS) is 18.1. The third-order valence-corrected chi connectivity index (χ3v) is 6.35. The summed E-state index contributed by atoms with van der Waals surface area (Å²) >= 11 is 0. The maximum Gasteiger partial charge on any atom is 0.123 e. The van der Waals surface area contributed by atoms with E-state index in [1.165, 1.54) is 36.1 Å². The smallest absolute Gasteiger partial charge is 0.123 e. The summed E-state index contributed by atoms with van der Waals surface area (Å²) in [6, 6.07) is 7.30. The fourth-order valence-electron chi connectivity index (χ4n) is 4.30. The molecule has 1 heterocycles. The summed E-state index contributed by atoms with van der Waals surface area (Å²) in [5.41, 5.74) is 8.05. The molecule has 36 heavy (non-hydrogen) atoms. The molecule has 1 aliphatic heterocycles. The van der Waals surface area contributed by atoms with Crippen LogP contribution in [0.4, 0.5) is 4.39 Å². The zero-order valence-corrected chi connectivity index (χ0v) is 21.5. The van der Waals surface area contributed by atoms with Crippen molar-refractivity contribution in [2.45, 2.75) is 38.6 Å². The molecule has 0 unspecified atom stereocenters. The molecule has 1 aromatic carbocycles. The summed E-state index contributed by atoms with van der Waals surface area (Å²) < 4.78 is 13.2. The van der Waals surface area contributed by atoms with Crippen molar-refractivity contribution in [3.05, 3.63) is 132 Å². The average Bonchev–Trinajstić information content (AvgIpc) is 3.31. The van der Waals surface area contributed by atoms with Crippen LogP contribution in [-0.4, -0.2) is 37.1 Å². The second kappa shape index (κ2) is 15.7. The predicted octanol–water partition coefficient (Wildman–Crippen LogP) is 7.50. The van der Waals surface area contributed by atoms with Gasteiger partial charge in [-0.25, -0.2) is 4.39 Å². The van der Waals surface area contributed by atoms with Gasteiger partial charge in [0.15, 0.2) is 0 Å². The molecule has 1 saturated heterocycles. The van der Waals surface area contributed by atoms with Gasteiger partial charge in [0.2, 0.25) is 0 Å². The molecular formula is C33H39FN2. The summed E-state index contributed by atoms with van der Waals surface area (Å²) in [4.78, 5) is 2.53. The van der Waals surface area contributed by atoms with Crippen LogP contribution in [0.15, 0.2) is 121 Å². The van der Waals surface area contributed by atoms with E-state index in [9.17, 15) is 4.39 Å². The Bertz CT molecular complexity index is 1080. The van der Waals surface area contributed by atoms with Gasteiger partial charge < -0.3 is 5.32 Å². The Morgan fingerprint density at radius 3 is 2.61 bits per heavy atom. The lowest BCUT2D eigenvalue weighted by Crippen LogP contribution is -2.43. The highest BCUT2D eigenvalue weighted by Crippen LogP contribution is 2.21. The Hall–Kier alpha value is -3.23. The van der Waals surface area contributed by atoms with E-state index in [4.69, 9.17) is 0 Å². The lowest BCUT2D eigenvalue weighted by Gasteiger charge is -2.32. The van der Waals surface area contributed by atoms with Crippen LogP contribution >= 0.6 is 0 Å². The molecule has 3 aliphatic rings. The maximum atomic E-state index is 13.2. The van der Waals surface area contributed by atoms with Crippen LogP contribution in [0.1, 0.15) is 38.2 Å². The number of hydrogen-bond acceptors (Lipinski definition) is 2. The molecule has 0 radical (unpaired) electrons. The van der Waals surface area contributed by atoms with E-state index in [2.05, 4.69) is 78.1 Å². The van der Waals surface area contributed by atoms with Crippen LogP contribution in [0.2, 0.25) is 0 Å². The van der Waals surface area contributed by atoms with E-state index in [0.29, 0.717) is 6.04 Å². The average molecular weight is 483 g/mol. The van der Waals surface area contributed by atoms with Gasteiger partial charge in [0, 0.05) is 19.1 Å². The van der Waals surface area contributed by atoms with Gasteiger partial charge in [0.05, 0.1) is 0 Å². The van der Waals surface area contributed by atoms with E-state index in [0.717, 1.165) is 50.2 Å². The minimum Gasteiger partial charge on any atom is -0.310 e. The van der Waals surface area contributed by atoms with Gasteiger partial charge in [-0.2, -0.15) is 0 Å². The van der Waals surface area contributed by atoms with Gasteiger partial charge in [-0.05, 0) is 85.3 Å². The van der Waals surface area contributed by atoms with E-state index >= 15 is 0 Å². The first-order valence-corrected chi connectivity index (χ1v) is 13.0. The quantitative estimate of drug-likeness (QED) is 0.305. The van der Waals surface area contributed by atoms with Gasteiger partial charge in [0.25, 0.3) is 0 Å². The zero-order chi connectivity index (χ0) is 25.4. The standard InChI is InChI=1S/C27H29FN2.C6H10/c28-26-14-12-25(13-15-26)24-9-5-8-22(10-11-24)20-29-27-16-18-30(19-17-27)21-23-6-3-1-2-4-7-23;1-3-5-6-4-2/h1-3,6-15,27,29H,5,16-21H2;3,5-6H,1,4H2,2H3/b;6-5-. The Balaban J connectivity index is 0.000000538. The van der Waals surface area contributed by atoms with E-state index in [1.807, 2.05) is 30.4 Å². The first kappa shape index (κ1) is 27.4. The summed E-state index contributed by atoms with van der Waals surface area (Å²) in [6.45, 7) is 9.76. The summed E-state index contributed by atoms with van der Waals surface area (Å²) in [7, 11) is 0. The molecule has 1 N–H and O–H groups in total. The molecule has 1 fully saturated rings. The molecule has 0 spiro atoms. The van der Waals surface area contributed by atoms with Crippen molar-refractivity contribution >= 4 is 5.57 Å². The molecule has 3 heteroatoms. The lowest BCUT2D eigenvalue weighted by molar-refractivity contribution is 0.215. The maximum absolute atomic E-state index is 13.2. The first-order chi connectivity index (χ1) is 17.7. The van der Waals surface area contributed by atoms with E-state index in [-0.39, 0.29) is 5.82 Å². The van der Waals surface area contributed by atoms with Crippen molar-refractivity contribution in [2.24, 2.45) is 0 Å². The molecule has 0 aromatic heterocycles. The molecule has 2 aliphatic carbocycles. The molecule has 188 valence electrons. The lowest BCUT2D eigenvalue weighted by atomic mass is 10.0. The number of piperidine rings is 1. The number of rotatable bonds is 8. The molecule has 0 atom stereocenters. The molecule has 0 bridgehead atoms. The highest BCUT2D eigenvalue weighted by Gasteiger charge is 2.19. The van der Waals surface area contributed by atoms with Crippen molar-refractivity contribution in [1.29, 1.82) is 0 Å². The van der Waals surface area contributed by atoms with Gasteiger partial charge in [0.1, 0.15) is 5.82 Å². The number of hydrogen-bond donors (Lipinski definition) is 1. The van der Waals surface area contributed by atoms with Gasteiger partial charge in [-0.15, -0.1) is 5.73 Å². The number of halogens is 1. The van der Waals surface area contributed by atoms with Gasteiger partial charge in [-0.3, -0.25) is 4.90 Å². The van der Waals surface area contributed by atoms with Crippen molar-refractivity contribution in [3.8, 4) is 0 Å². The number of likely N-dealkylation sites (tertiary alicyclic amines) is 1. The Labute approximate surface area is 217 Å². The fourth-order valence-corrected chi connectivity index (χ4v) is 4.30. The van der Waals surface area contributed by atoms with Crippen LogP contribution in [0, 0.1) is 5.82 Å². The second-order valence-electron chi connectivity index (χ2n) is 9.12. The van der Waals surface area contributed by atoms with E-state index < -0.39 is 0 Å². The Morgan fingerprint density at radius 1 is 1.08 bits per heavy atom. The summed E-state index contributed by atoms with van der Waals surface area (Å²) in [6.07, 6.45) is 29.3. The first-order valence-electron chi connectivity index (χ1n) is 13.0. The minimum absolute atomic E-state index is 0.192. The number of nitrogens with one attached hydrogen (secondary N) is 1. The van der Waals surface area contributed by atoms with Crippen LogP contribution in [-0.2, 0) is 0 Å². The minimum atomic E-state index is -0.192. The SMILES string of the molecule is C=C/C=C\CC.Fc1ccc(C2=CCC=C(CNC3CCN(CC4=CC=CC=C=C4)CC3)C=C2)cc1. The highest BCUT2D eigenvalue weighted by atomic mass is 19.1. The van der Waals surface area contributed by atoms with Crippen molar-refractivity contribution < 1.29 is 4.39 Å². The topological polar surface area (TPSA) is 15.3 Å². The summed E-state index contributed by atoms with van der Waals surface area (Å²) in [5, 5.41) is 3.75. The number of benzene rings is 1. The molecule has 4 rings (SSSR count). The molecule has 1 aromatic rings. The van der Waals surface area contributed by atoms with Crippen molar-refractivity contribution in [1.82, 2.24) is 10.2 Å². The van der Waals surface area contributed by atoms with Crippen LogP contribution in [0.5, 0.6) is 0 Å². The second-order valence-corrected chi connectivity index (χ2v) is 9.12. The van der Waals surface area contributed by atoms with Crippen LogP contribution in [0.25, 0.3) is 5.57 Å². The number of allylic oxidation sites excluding steroid dienone is 10. The van der Waals surface area contributed by atoms with Crippen LogP contribution in [0.3, 0.4) is 0 Å². The monoisotopic (exact) mass is 482 g/mol. The van der Waals surface area contributed by atoms with Gasteiger partial charge in [-0.1, -0.05) is 86.4 Å². The highest BCUT2D eigenvalue weighted by molar-refractivity contribution is 5.75. The van der Waals surface area contributed by atoms with E-state index in [1.54, 1.807) is 6.08 Å². The van der Waals surface area contributed by atoms with Gasteiger partial charge >= 0.3 is 0 Å². The molecular weight excluding hydrogens is 443 g/mol. The zero-order valence-electron chi connectivity index (χ0n) is 21.5. The largest absolute Gasteiger partial charge is 0.310 e. The summed E-state index contributed by atoms with van der Waals surface area (Å²) in [5.74, 6) is -0.192. The van der Waals surface area contributed by atoms with Crippen molar-refractivity contribution in [2.75, 3.05) is 26.2 Å². The third-order valence-electron chi connectivity index (χ3n) is 6.35. The van der Waals surface area contributed by atoms with Crippen LogP contribution < -0.4 is 5.32 Å².